The summed E-state index contributed by atoms with van der Waals surface area (Å²) in [4.78, 5) is 14.0. The van der Waals surface area contributed by atoms with Gasteiger partial charge in [-0.15, -0.1) is 11.6 Å². The summed E-state index contributed by atoms with van der Waals surface area (Å²) in [6.07, 6.45) is 1.08. The van der Waals surface area contributed by atoms with Crippen LogP contribution in [0, 0.1) is 11.8 Å². The Morgan fingerprint density at radius 1 is 1.64 bits per heavy atom. The van der Waals surface area contributed by atoms with Crippen molar-refractivity contribution in [1.82, 2.24) is 4.90 Å². The number of hydrogen-bond acceptors (Lipinski definition) is 2. The first-order valence-electron chi connectivity index (χ1n) is 5.18. The second kappa shape index (κ2) is 4.31. The molecule has 1 heterocycles. The standard InChI is InChI=1S/C10H16ClNOS/c1-7-4-9(7)10(13)12-2-3-14-6-8(12)5-11/h7-9H,2-6H2,1H3. The van der Waals surface area contributed by atoms with Crippen LogP contribution < -0.4 is 0 Å². The molecule has 80 valence electrons. The van der Waals surface area contributed by atoms with Gasteiger partial charge in [-0.2, -0.15) is 11.8 Å². The van der Waals surface area contributed by atoms with Gasteiger partial charge in [-0.25, -0.2) is 0 Å². The lowest BCUT2D eigenvalue weighted by Crippen LogP contribution is -2.48. The molecule has 2 nitrogen and oxygen atoms in total. The number of carbonyl (C=O) groups excluding carboxylic acids is 1. The molecule has 1 saturated heterocycles. The van der Waals surface area contributed by atoms with Crippen molar-refractivity contribution in [3.63, 3.8) is 0 Å². The quantitative estimate of drug-likeness (QED) is 0.679. The molecular weight excluding hydrogens is 218 g/mol. The van der Waals surface area contributed by atoms with Crippen molar-refractivity contribution in [3.05, 3.63) is 0 Å². The van der Waals surface area contributed by atoms with Crippen LogP contribution in [0.3, 0.4) is 0 Å². The Kier molecular flexibility index (Phi) is 3.27. The minimum atomic E-state index is 0.274. The van der Waals surface area contributed by atoms with E-state index >= 15 is 0 Å². The van der Waals surface area contributed by atoms with Crippen molar-refractivity contribution >= 4 is 29.3 Å². The van der Waals surface area contributed by atoms with Gasteiger partial charge in [-0.1, -0.05) is 6.92 Å². The van der Waals surface area contributed by atoms with Gasteiger partial charge in [-0.3, -0.25) is 4.79 Å². The number of nitrogens with zero attached hydrogens (tertiary/aromatic N) is 1. The Bertz CT molecular complexity index is 236. The van der Waals surface area contributed by atoms with Crippen molar-refractivity contribution in [3.8, 4) is 0 Å². The van der Waals surface area contributed by atoms with Crippen LogP contribution in [0.25, 0.3) is 0 Å². The second-order valence-corrected chi connectivity index (χ2v) is 5.69. The molecule has 0 aromatic rings. The van der Waals surface area contributed by atoms with E-state index in [1.54, 1.807) is 0 Å². The summed E-state index contributed by atoms with van der Waals surface area (Å²) in [7, 11) is 0. The predicted molar refractivity (Wildman–Crippen MR) is 60.8 cm³/mol. The molecule has 4 heteroatoms. The van der Waals surface area contributed by atoms with E-state index in [-0.39, 0.29) is 6.04 Å². The van der Waals surface area contributed by atoms with Crippen LogP contribution in [-0.2, 0) is 4.79 Å². The summed E-state index contributed by atoms with van der Waals surface area (Å²) >= 11 is 7.78. The number of halogens is 1. The number of thioether (sulfide) groups is 1. The maximum Gasteiger partial charge on any atom is 0.226 e. The second-order valence-electron chi connectivity index (χ2n) is 4.23. The van der Waals surface area contributed by atoms with Crippen LogP contribution in [0.1, 0.15) is 13.3 Å². The zero-order chi connectivity index (χ0) is 10.1. The molecule has 0 spiro atoms. The van der Waals surface area contributed by atoms with Crippen LogP contribution in [0.5, 0.6) is 0 Å². The third-order valence-corrected chi connectivity index (χ3v) is 4.56. The SMILES string of the molecule is CC1CC1C(=O)N1CCSCC1CCl. The summed E-state index contributed by atoms with van der Waals surface area (Å²) < 4.78 is 0. The smallest absolute Gasteiger partial charge is 0.226 e. The van der Waals surface area contributed by atoms with Crippen LogP contribution in [0.4, 0.5) is 0 Å². The molecule has 2 fully saturated rings. The Morgan fingerprint density at radius 3 is 2.93 bits per heavy atom. The normalized spacial score (nSPS) is 37.0. The lowest BCUT2D eigenvalue weighted by atomic mass is 10.2. The van der Waals surface area contributed by atoms with Gasteiger partial charge in [-0.05, 0) is 12.3 Å². The van der Waals surface area contributed by atoms with E-state index < -0.39 is 0 Å². The summed E-state index contributed by atoms with van der Waals surface area (Å²) in [5.41, 5.74) is 0. The Morgan fingerprint density at radius 2 is 2.36 bits per heavy atom. The molecule has 0 aromatic carbocycles. The fourth-order valence-corrected chi connectivity index (χ4v) is 3.42. The summed E-state index contributed by atoms with van der Waals surface area (Å²) in [6, 6.07) is 0.274. The van der Waals surface area contributed by atoms with Crippen molar-refractivity contribution < 1.29 is 4.79 Å². The highest BCUT2D eigenvalue weighted by Crippen LogP contribution is 2.40. The van der Waals surface area contributed by atoms with E-state index in [1.807, 2.05) is 16.7 Å². The van der Waals surface area contributed by atoms with E-state index in [2.05, 4.69) is 6.92 Å². The Balaban J connectivity index is 1.96. The van der Waals surface area contributed by atoms with Crippen LogP contribution in [0.15, 0.2) is 0 Å². The van der Waals surface area contributed by atoms with E-state index in [0.717, 1.165) is 24.5 Å². The molecule has 14 heavy (non-hydrogen) atoms. The van der Waals surface area contributed by atoms with E-state index in [1.165, 1.54) is 0 Å². The maximum atomic E-state index is 12.0. The highest BCUT2D eigenvalue weighted by Gasteiger charge is 2.43. The van der Waals surface area contributed by atoms with Gasteiger partial charge in [0.2, 0.25) is 5.91 Å². The van der Waals surface area contributed by atoms with Crippen LogP contribution in [-0.4, -0.2) is 40.8 Å². The Hall–Kier alpha value is 0.110. The number of alkyl halides is 1. The van der Waals surface area contributed by atoms with Crippen LogP contribution in [0.2, 0.25) is 0 Å². The summed E-state index contributed by atoms with van der Waals surface area (Å²) in [5, 5.41) is 0. The van der Waals surface area contributed by atoms with Gasteiger partial charge in [0.1, 0.15) is 0 Å². The molecule has 0 aromatic heterocycles. The van der Waals surface area contributed by atoms with E-state index in [0.29, 0.717) is 23.6 Å². The molecule has 0 N–H and O–H groups in total. The average molecular weight is 234 g/mol. The predicted octanol–water partition coefficient (Wildman–Crippen LogP) is 1.83. The summed E-state index contributed by atoms with van der Waals surface area (Å²) in [5.74, 6) is 3.93. The van der Waals surface area contributed by atoms with Crippen molar-refractivity contribution in [2.45, 2.75) is 19.4 Å². The molecule has 1 aliphatic carbocycles. The van der Waals surface area contributed by atoms with Gasteiger partial charge >= 0.3 is 0 Å². The number of hydrogen-bond donors (Lipinski definition) is 0. The molecule has 3 unspecified atom stereocenters. The molecule has 1 saturated carbocycles. The van der Waals surface area contributed by atoms with Gasteiger partial charge < -0.3 is 4.90 Å². The minimum absolute atomic E-state index is 0.274. The first-order chi connectivity index (χ1) is 6.74. The first kappa shape index (κ1) is 10.6. The third-order valence-electron chi connectivity index (χ3n) is 3.12. The monoisotopic (exact) mass is 233 g/mol. The highest BCUT2D eigenvalue weighted by atomic mass is 35.5. The minimum Gasteiger partial charge on any atom is -0.337 e. The van der Waals surface area contributed by atoms with E-state index in [4.69, 9.17) is 11.6 Å². The lowest BCUT2D eigenvalue weighted by Gasteiger charge is -2.34. The molecular formula is C10H16ClNOS. The average Bonchev–Trinajstić information content (AvgIpc) is 2.94. The topological polar surface area (TPSA) is 20.3 Å². The van der Waals surface area contributed by atoms with Crippen molar-refractivity contribution in [2.24, 2.45) is 11.8 Å². The number of carbonyl (C=O) groups is 1. The highest BCUT2D eigenvalue weighted by molar-refractivity contribution is 7.99. The third kappa shape index (κ3) is 2.03. The lowest BCUT2D eigenvalue weighted by molar-refractivity contribution is -0.134. The molecule has 1 amide bonds. The van der Waals surface area contributed by atoms with Gasteiger partial charge in [0, 0.05) is 29.8 Å². The molecule has 0 bridgehead atoms. The summed E-state index contributed by atoms with van der Waals surface area (Å²) in [6.45, 7) is 3.04. The zero-order valence-corrected chi connectivity index (χ0v) is 9.98. The molecule has 2 aliphatic rings. The molecule has 2 rings (SSSR count). The molecule has 1 aliphatic heterocycles. The Labute approximate surface area is 94.4 Å². The fraction of sp³-hybridized carbons (Fsp3) is 0.900. The number of rotatable bonds is 2. The largest absolute Gasteiger partial charge is 0.337 e. The van der Waals surface area contributed by atoms with Gasteiger partial charge in [0.15, 0.2) is 0 Å². The first-order valence-corrected chi connectivity index (χ1v) is 6.87. The van der Waals surface area contributed by atoms with Gasteiger partial charge in [0.05, 0.1) is 6.04 Å². The van der Waals surface area contributed by atoms with Crippen molar-refractivity contribution in [1.29, 1.82) is 0 Å². The van der Waals surface area contributed by atoms with E-state index in [9.17, 15) is 4.79 Å². The zero-order valence-electron chi connectivity index (χ0n) is 8.41. The fourth-order valence-electron chi connectivity index (χ4n) is 1.95. The van der Waals surface area contributed by atoms with Crippen LogP contribution >= 0.6 is 23.4 Å². The number of amides is 1. The molecule has 0 radical (unpaired) electrons. The van der Waals surface area contributed by atoms with Crippen molar-refractivity contribution in [2.75, 3.05) is 23.9 Å². The molecule has 3 atom stereocenters. The van der Waals surface area contributed by atoms with Gasteiger partial charge in [0.25, 0.3) is 0 Å². The maximum absolute atomic E-state index is 12.0.